The van der Waals surface area contributed by atoms with E-state index in [2.05, 4.69) is 189 Å². The van der Waals surface area contributed by atoms with Gasteiger partial charge in [-0.1, -0.05) is 121 Å². The summed E-state index contributed by atoms with van der Waals surface area (Å²) < 4.78 is 0. The van der Waals surface area contributed by atoms with E-state index in [1.807, 2.05) is 0 Å². The van der Waals surface area contributed by atoms with Gasteiger partial charge in [0.1, 0.15) is 0 Å². The average molecular weight is 1150 g/mol. The van der Waals surface area contributed by atoms with Crippen LogP contribution in [0.15, 0.2) is 133 Å². The lowest BCUT2D eigenvalue weighted by atomic mass is 9.66. The highest BCUT2D eigenvalue weighted by molar-refractivity contribution is 6.72. The second-order valence-corrected chi connectivity index (χ2v) is 29.7. The molecule has 0 aliphatic carbocycles. The molecule has 0 unspecified atom stereocenters. The Labute approximate surface area is 520 Å². The zero-order chi connectivity index (χ0) is 59.4. The highest BCUT2D eigenvalue weighted by Gasteiger charge is 2.41. The molecule has 0 atom stereocenters. The van der Waals surface area contributed by atoms with Gasteiger partial charge in [-0.3, -0.25) is 0 Å². The Kier molecular flexibility index (Phi) is 6.24. The van der Waals surface area contributed by atoms with Gasteiger partial charge in [-0.25, -0.2) is 0 Å². The summed E-state index contributed by atoms with van der Waals surface area (Å²) in [5, 5.41) is 78.2. The van der Waals surface area contributed by atoms with Crippen LogP contribution in [-0.2, 0) is 0 Å². The molecule has 0 heteroatoms. The first-order valence-corrected chi connectivity index (χ1v) is 33.5. The molecule has 414 valence electrons. The van der Waals surface area contributed by atoms with Crippen molar-refractivity contribution < 1.29 is 0 Å². The summed E-state index contributed by atoms with van der Waals surface area (Å²) in [7, 11) is 0. The number of hydrogen-bond donors (Lipinski definition) is 0. The minimum Gasteiger partial charge on any atom is -0.0616 e. The second kappa shape index (κ2) is 12.9. The lowest BCUT2D eigenvalue weighted by molar-refractivity contribution is 1.43. The number of aryl methyl sites for hydroxylation is 8. The minimum atomic E-state index is 1.36. The van der Waals surface area contributed by atoms with Crippen LogP contribution >= 0.6 is 0 Å². The van der Waals surface area contributed by atoms with E-state index in [-0.39, 0.29) is 0 Å². The Balaban J connectivity index is 1.12. The second-order valence-electron chi connectivity index (χ2n) is 29.7. The third kappa shape index (κ3) is 3.74. The predicted octanol–water partition coefficient (Wildman–Crippen LogP) is 26.9. The molecule has 0 saturated heterocycles. The van der Waals surface area contributed by atoms with Crippen molar-refractivity contribution in [2.75, 3.05) is 0 Å². The van der Waals surface area contributed by atoms with Gasteiger partial charge in [0.25, 0.3) is 0 Å². The summed E-state index contributed by atoms with van der Waals surface area (Å²) in [6, 6.07) is 53.9. The molecule has 28 aromatic carbocycles. The predicted molar refractivity (Wildman–Crippen MR) is 405 cm³/mol. The smallest absolute Gasteiger partial charge is 0.000000382 e. The van der Waals surface area contributed by atoms with Crippen LogP contribution in [0.2, 0.25) is 0 Å². The maximum atomic E-state index is 2.77. The number of rotatable bonds is 0. The molecule has 0 nitrogen and oxygen atoms in total. The molecule has 0 spiro atoms. The van der Waals surface area contributed by atoms with E-state index < -0.39 is 0 Å². The molecule has 92 heavy (non-hydrogen) atoms. The van der Waals surface area contributed by atoms with E-state index in [0.717, 1.165) is 0 Å². The molecule has 0 heterocycles. The maximum Gasteiger partial charge on any atom is -0.000000382 e. The maximum absolute atomic E-state index is 2.77. The SMILES string of the molecule is Cc1c(C)c2c3cc4c5ccccc5c5c(C)c(C)c6c7ccc8c9ccccc9c9c(C)c(C)c%10c%11cc%12c%13ccccc%13c%13c(C)c(C)c%14c%15ccc%16c%17ccccc%17c1c1c%16c%15c%15c(c21)c1c3c2c4c5c6c3c4c7c8c9c%10c4c4c%11c5c%12c%13c%14c%15c5c1c4c23. The summed E-state index contributed by atoms with van der Waals surface area (Å²) in [5.74, 6) is 0. The lowest BCUT2D eigenvalue weighted by Gasteiger charge is -2.36. The van der Waals surface area contributed by atoms with Gasteiger partial charge in [-0.2, -0.15) is 0 Å². The first-order valence-electron chi connectivity index (χ1n) is 33.5. The standard InChI is InChI=1S/C92H46/c1-31-35(5)59-49-27-25-47-39-17-9-13-21-43(39)55-33(3)38(8)62-54-30-52-42-20-12-16-24-46(42)58-32(2)36(6)60-50-28-26-48-40-18-10-14-22-44(40)56-34(4)37(7)61-53-29-51-41-19-11-15-23-45(41)57(31)73-67(51)79-69(53)83-86-78(61)72(56)64(48)66(50)82(86)88-76(60)74(58)68(52)80-70(54)84-85-77(62)71(55)63(47)65(49)81(85)87(75(59)73)89(79)91(84)92(83)90(80)88/h9-30H,1-8H3. The van der Waals surface area contributed by atoms with Crippen LogP contribution in [0, 0.1) is 55.4 Å². The molecule has 0 aromatic heterocycles. The quantitative estimate of drug-likeness (QED) is 0.105. The lowest BCUT2D eigenvalue weighted by Crippen LogP contribution is -2.07. The van der Waals surface area contributed by atoms with Crippen molar-refractivity contribution in [1.29, 1.82) is 0 Å². The molecular formula is C92H46. The van der Waals surface area contributed by atoms with E-state index >= 15 is 0 Å². The normalized spacial score (nSPS) is 14.3. The summed E-state index contributed by atoms with van der Waals surface area (Å²) >= 11 is 0. The van der Waals surface area contributed by atoms with E-state index in [9.17, 15) is 0 Å². The summed E-state index contributed by atoms with van der Waals surface area (Å²) in [4.78, 5) is 0. The highest BCUT2D eigenvalue weighted by atomic mass is 14.4. The van der Waals surface area contributed by atoms with Crippen molar-refractivity contribution in [3.63, 3.8) is 0 Å². The van der Waals surface area contributed by atoms with Gasteiger partial charge in [0.05, 0.1) is 0 Å². The van der Waals surface area contributed by atoms with Crippen LogP contribution in [0.5, 0.6) is 0 Å². The molecule has 28 rings (SSSR count). The average Bonchev–Trinajstić information content (AvgIpc) is 0.617. The molecule has 0 fully saturated rings. The Morgan fingerprint density at radius 1 is 0.109 bits per heavy atom. The molecule has 28 aromatic rings. The summed E-state index contributed by atoms with van der Waals surface area (Å²) in [5.41, 5.74) is 11.3. The van der Waals surface area contributed by atoms with Gasteiger partial charge in [-0.05, 0) is 403 Å². The third-order valence-electron chi connectivity index (χ3n) is 27.1. The van der Waals surface area contributed by atoms with Crippen LogP contribution in [0.4, 0.5) is 0 Å². The first-order chi connectivity index (χ1) is 45.2. The van der Waals surface area contributed by atoms with Gasteiger partial charge in [-0.15, -0.1) is 0 Å². The third-order valence-corrected chi connectivity index (χ3v) is 27.1. The van der Waals surface area contributed by atoms with Crippen molar-refractivity contribution in [3.8, 4) is 0 Å². The molecule has 0 aliphatic heterocycles. The van der Waals surface area contributed by atoms with E-state index in [0.29, 0.717) is 0 Å². The fourth-order valence-corrected chi connectivity index (χ4v) is 23.8. The molecule has 0 amide bonds. The van der Waals surface area contributed by atoms with Crippen molar-refractivity contribution in [2.24, 2.45) is 0 Å². The van der Waals surface area contributed by atoms with Crippen LogP contribution < -0.4 is 0 Å². The van der Waals surface area contributed by atoms with Crippen LogP contribution in [0.1, 0.15) is 44.5 Å². The van der Waals surface area contributed by atoms with Gasteiger partial charge in [0.15, 0.2) is 0 Å². The van der Waals surface area contributed by atoms with E-state index in [1.165, 1.54) is 335 Å². The zero-order valence-electron chi connectivity index (χ0n) is 51.7. The topological polar surface area (TPSA) is 0 Å². The Bertz CT molecular complexity index is 7960. The number of hydrogen-bond acceptors (Lipinski definition) is 0. The van der Waals surface area contributed by atoms with Crippen molar-refractivity contribution in [3.05, 3.63) is 178 Å². The number of benzene rings is 28. The van der Waals surface area contributed by atoms with Gasteiger partial charge < -0.3 is 0 Å². The zero-order valence-corrected chi connectivity index (χ0v) is 51.7. The van der Waals surface area contributed by atoms with Crippen LogP contribution in [0.3, 0.4) is 0 Å². The Morgan fingerprint density at radius 3 is 0.533 bits per heavy atom. The first kappa shape index (κ1) is 44.5. The molecule has 0 saturated carbocycles. The number of fused-ring (bicyclic) bond motifs is 16. The van der Waals surface area contributed by atoms with E-state index in [1.54, 1.807) is 0 Å². The summed E-state index contributed by atoms with van der Waals surface area (Å²) in [6.45, 7) is 19.9. The highest BCUT2D eigenvalue weighted by Crippen LogP contribution is 2.70. The van der Waals surface area contributed by atoms with Crippen molar-refractivity contribution in [1.82, 2.24) is 0 Å². The van der Waals surface area contributed by atoms with Gasteiger partial charge in [0, 0.05) is 0 Å². The van der Waals surface area contributed by atoms with Crippen molar-refractivity contribution >= 4 is 291 Å². The largest absolute Gasteiger partial charge is 0.0616 e. The Hall–Kier alpha value is -10.9. The van der Waals surface area contributed by atoms with Crippen LogP contribution in [0.25, 0.3) is 291 Å². The summed E-state index contributed by atoms with van der Waals surface area (Å²) in [6.07, 6.45) is 0. The fourth-order valence-electron chi connectivity index (χ4n) is 23.8. The van der Waals surface area contributed by atoms with Crippen LogP contribution in [-0.4, -0.2) is 0 Å². The molecular weight excluding hydrogens is 1110 g/mol. The molecule has 0 N–H and O–H groups in total. The molecule has 0 aliphatic rings. The molecule has 0 bridgehead atoms. The monoisotopic (exact) mass is 1150 g/mol. The van der Waals surface area contributed by atoms with E-state index in [4.69, 9.17) is 0 Å². The minimum absolute atomic E-state index is 1.36. The van der Waals surface area contributed by atoms with Gasteiger partial charge >= 0.3 is 0 Å². The fraction of sp³-hybridized carbons (Fsp3) is 0.0870. The Morgan fingerprint density at radius 2 is 0.250 bits per heavy atom. The van der Waals surface area contributed by atoms with Crippen molar-refractivity contribution in [2.45, 2.75) is 55.4 Å². The van der Waals surface area contributed by atoms with Gasteiger partial charge in [0.2, 0.25) is 0 Å². The molecule has 0 radical (unpaired) electrons.